The van der Waals surface area contributed by atoms with Crippen LogP contribution in [0.1, 0.15) is 94.7 Å². The fourth-order valence-corrected chi connectivity index (χ4v) is 5.75. The van der Waals surface area contributed by atoms with Crippen LogP contribution in [0.25, 0.3) is 0 Å². The number of rotatable bonds is 2. The molecule has 0 N–H and O–H groups in total. The van der Waals surface area contributed by atoms with E-state index < -0.39 is 0 Å². The second-order valence-electron chi connectivity index (χ2n) is 9.95. The molecular formula is C26H46. The van der Waals surface area contributed by atoms with Gasteiger partial charge in [0.15, 0.2) is 0 Å². The fraction of sp³-hybridized carbons (Fsp3) is 0.769. The zero-order chi connectivity index (χ0) is 20.5. The normalized spacial score (nSPS) is 28.5. The highest BCUT2D eigenvalue weighted by Crippen LogP contribution is 2.48. The van der Waals surface area contributed by atoms with Gasteiger partial charge in [-0.1, -0.05) is 55.4 Å². The minimum atomic E-state index is 0.632. The first-order chi connectivity index (χ1) is 11.8. The summed E-state index contributed by atoms with van der Waals surface area (Å²) >= 11 is 0. The fourth-order valence-electron chi connectivity index (χ4n) is 5.75. The van der Waals surface area contributed by atoms with Crippen molar-refractivity contribution in [2.24, 2.45) is 35.5 Å². The molecule has 0 heterocycles. The predicted octanol–water partition coefficient (Wildman–Crippen LogP) is 8.17. The Kier molecular flexibility index (Phi) is 8.00. The third-order valence-corrected chi connectivity index (χ3v) is 8.11. The molecule has 0 radical (unpaired) electrons. The van der Waals surface area contributed by atoms with E-state index in [1.54, 1.807) is 5.56 Å². The SMILES string of the molecule is CC(C)C1C(C)C(C)C(C)C1C.Cc1c(C)c(C)c(C(C)C)c(C)c1C. The Morgan fingerprint density at radius 1 is 0.500 bits per heavy atom. The van der Waals surface area contributed by atoms with Crippen LogP contribution in [0.15, 0.2) is 0 Å². The molecular weight excluding hydrogens is 312 g/mol. The summed E-state index contributed by atoms with van der Waals surface area (Å²) < 4.78 is 0. The molecule has 1 aliphatic rings. The smallest absolute Gasteiger partial charge is 0.0213 e. The van der Waals surface area contributed by atoms with E-state index in [2.05, 4.69) is 90.0 Å². The molecule has 0 amide bonds. The molecule has 0 heteroatoms. The van der Waals surface area contributed by atoms with Crippen LogP contribution in [-0.4, -0.2) is 0 Å². The van der Waals surface area contributed by atoms with Crippen molar-refractivity contribution in [3.63, 3.8) is 0 Å². The Morgan fingerprint density at radius 2 is 0.808 bits per heavy atom. The summed E-state index contributed by atoms with van der Waals surface area (Å²) in [6.07, 6.45) is 0. The maximum atomic E-state index is 2.44. The van der Waals surface area contributed by atoms with Gasteiger partial charge in [0.2, 0.25) is 0 Å². The van der Waals surface area contributed by atoms with E-state index >= 15 is 0 Å². The molecule has 1 saturated carbocycles. The Hall–Kier alpha value is -0.780. The first-order valence-electron chi connectivity index (χ1n) is 10.9. The third kappa shape index (κ3) is 4.37. The second kappa shape index (κ2) is 8.94. The van der Waals surface area contributed by atoms with Crippen LogP contribution in [-0.2, 0) is 0 Å². The van der Waals surface area contributed by atoms with E-state index in [9.17, 15) is 0 Å². The average molecular weight is 359 g/mol. The van der Waals surface area contributed by atoms with E-state index in [0.29, 0.717) is 5.92 Å². The van der Waals surface area contributed by atoms with Crippen molar-refractivity contribution in [3.8, 4) is 0 Å². The first-order valence-corrected chi connectivity index (χ1v) is 10.9. The highest BCUT2D eigenvalue weighted by atomic mass is 14.5. The van der Waals surface area contributed by atoms with Gasteiger partial charge in [0.1, 0.15) is 0 Å². The topological polar surface area (TPSA) is 0 Å². The van der Waals surface area contributed by atoms with Gasteiger partial charge in [0.25, 0.3) is 0 Å². The van der Waals surface area contributed by atoms with Gasteiger partial charge >= 0.3 is 0 Å². The van der Waals surface area contributed by atoms with Gasteiger partial charge in [-0.2, -0.15) is 0 Å². The van der Waals surface area contributed by atoms with E-state index in [1.165, 1.54) is 27.8 Å². The highest BCUT2D eigenvalue weighted by molar-refractivity contribution is 5.50. The molecule has 4 unspecified atom stereocenters. The van der Waals surface area contributed by atoms with Crippen LogP contribution in [0.4, 0.5) is 0 Å². The molecule has 4 atom stereocenters. The molecule has 1 fully saturated rings. The zero-order valence-corrected chi connectivity index (χ0v) is 20.0. The molecule has 0 saturated heterocycles. The molecule has 0 aliphatic heterocycles. The lowest BCUT2D eigenvalue weighted by Crippen LogP contribution is -2.19. The number of hydrogen-bond acceptors (Lipinski definition) is 0. The Labute approximate surface area is 165 Å². The summed E-state index contributed by atoms with van der Waals surface area (Å²) in [6.45, 7) is 30.3. The van der Waals surface area contributed by atoms with Crippen molar-refractivity contribution in [3.05, 3.63) is 33.4 Å². The Bertz CT molecular complexity index is 562. The lowest BCUT2D eigenvalue weighted by Gasteiger charge is -2.25. The summed E-state index contributed by atoms with van der Waals surface area (Å²) in [5.74, 6) is 6.15. The van der Waals surface area contributed by atoms with Crippen LogP contribution < -0.4 is 0 Å². The lowest BCUT2D eigenvalue weighted by molar-refractivity contribution is 0.237. The van der Waals surface area contributed by atoms with Crippen molar-refractivity contribution in [1.29, 1.82) is 0 Å². The summed E-state index contributed by atoms with van der Waals surface area (Å²) in [7, 11) is 0. The summed E-state index contributed by atoms with van der Waals surface area (Å²) in [5.41, 5.74) is 8.92. The van der Waals surface area contributed by atoms with E-state index in [0.717, 1.165) is 35.5 Å². The molecule has 0 spiro atoms. The monoisotopic (exact) mass is 358 g/mol. The van der Waals surface area contributed by atoms with Crippen LogP contribution >= 0.6 is 0 Å². The number of hydrogen-bond donors (Lipinski definition) is 0. The molecule has 2 rings (SSSR count). The van der Waals surface area contributed by atoms with Gasteiger partial charge in [0.05, 0.1) is 0 Å². The van der Waals surface area contributed by atoms with Crippen molar-refractivity contribution in [2.45, 2.75) is 95.9 Å². The predicted molar refractivity (Wildman–Crippen MR) is 119 cm³/mol. The minimum absolute atomic E-state index is 0.632. The molecule has 1 aliphatic carbocycles. The molecule has 1 aromatic carbocycles. The molecule has 0 aromatic heterocycles. The maximum Gasteiger partial charge on any atom is -0.0213 e. The largest absolute Gasteiger partial charge is 0.0625 e. The van der Waals surface area contributed by atoms with Crippen LogP contribution in [0.2, 0.25) is 0 Å². The Morgan fingerprint density at radius 3 is 1.04 bits per heavy atom. The van der Waals surface area contributed by atoms with Gasteiger partial charge < -0.3 is 0 Å². The van der Waals surface area contributed by atoms with Crippen LogP contribution in [0.5, 0.6) is 0 Å². The summed E-state index contributed by atoms with van der Waals surface area (Å²) in [5, 5.41) is 0. The molecule has 1 aromatic rings. The standard InChI is InChI=1S/C14H22.C12H24/c1-8(2)14-12(6)10(4)9(3)11(5)13(14)7;1-7(2)12-10(5)8(3)9(4)11(12)6/h8H,1-7H3;7-12H,1-6H3. The van der Waals surface area contributed by atoms with E-state index in [4.69, 9.17) is 0 Å². The molecule has 0 bridgehead atoms. The van der Waals surface area contributed by atoms with Gasteiger partial charge in [-0.3, -0.25) is 0 Å². The Balaban J connectivity index is 0.000000263. The van der Waals surface area contributed by atoms with Crippen LogP contribution in [0.3, 0.4) is 0 Å². The quantitative estimate of drug-likeness (QED) is 0.500. The molecule has 150 valence electrons. The minimum Gasteiger partial charge on any atom is -0.0625 e. The van der Waals surface area contributed by atoms with E-state index in [-0.39, 0.29) is 0 Å². The third-order valence-electron chi connectivity index (χ3n) is 8.11. The zero-order valence-electron chi connectivity index (χ0n) is 20.0. The summed E-state index contributed by atoms with van der Waals surface area (Å²) in [4.78, 5) is 0. The van der Waals surface area contributed by atoms with Crippen molar-refractivity contribution >= 4 is 0 Å². The van der Waals surface area contributed by atoms with Crippen molar-refractivity contribution < 1.29 is 0 Å². The van der Waals surface area contributed by atoms with Gasteiger partial charge in [-0.25, -0.2) is 0 Å². The van der Waals surface area contributed by atoms with Gasteiger partial charge in [-0.15, -0.1) is 0 Å². The highest BCUT2D eigenvalue weighted by Gasteiger charge is 2.42. The van der Waals surface area contributed by atoms with Gasteiger partial charge in [-0.05, 0) is 109 Å². The van der Waals surface area contributed by atoms with Crippen molar-refractivity contribution in [1.82, 2.24) is 0 Å². The maximum absolute atomic E-state index is 2.44. The van der Waals surface area contributed by atoms with Crippen molar-refractivity contribution in [2.75, 3.05) is 0 Å². The first kappa shape index (κ1) is 23.3. The molecule has 0 nitrogen and oxygen atoms in total. The van der Waals surface area contributed by atoms with E-state index in [1.807, 2.05) is 0 Å². The summed E-state index contributed by atoms with van der Waals surface area (Å²) in [6, 6.07) is 0. The second-order valence-corrected chi connectivity index (χ2v) is 9.95. The number of benzene rings is 1. The van der Waals surface area contributed by atoms with Crippen LogP contribution in [0, 0.1) is 70.1 Å². The lowest BCUT2D eigenvalue weighted by atomic mass is 9.81. The van der Waals surface area contributed by atoms with Gasteiger partial charge in [0, 0.05) is 0 Å². The average Bonchev–Trinajstić information content (AvgIpc) is 2.75. The molecule has 26 heavy (non-hydrogen) atoms.